The fourth-order valence-corrected chi connectivity index (χ4v) is 2.12. The van der Waals surface area contributed by atoms with Crippen molar-refractivity contribution in [3.63, 3.8) is 0 Å². The number of benzene rings is 1. The quantitative estimate of drug-likeness (QED) is 0.882. The van der Waals surface area contributed by atoms with Crippen molar-refractivity contribution >= 4 is 5.91 Å². The Morgan fingerprint density at radius 2 is 1.82 bits per heavy atom. The summed E-state index contributed by atoms with van der Waals surface area (Å²) in [6.45, 7) is 1.47. The van der Waals surface area contributed by atoms with Gasteiger partial charge < -0.3 is 14.6 Å². The summed E-state index contributed by atoms with van der Waals surface area (Å²) in [7, 11) is 2.80. The van der Waals surface area contributed by atoms with Gasteiger partial charge in [-0.3, -0.25) is 10.2 Å². The lowest BCUT2D eigenvalue weighted by molar-refractivity contribution is -0.146. The van der Waals surface area contributed by atoms with Crippen molar-refractivity contribution in [1.82, 2.24) is 10.4 Å². The van der Waals surface area contributed by atoms with E-state index in [1.165, 1.54) is 39.3 Å². The second kappa shape index (κ2) is 5.80. The minimum absolute atomic E-state index is 0.0332. The van der Waals surface area contributed by atoms with Gasteiger partial charge in [0.1, 0.15) is 11.5 Å². The second-order valence-corrected chi connectivity index (χ2v) is 4.76. The molecule has 0 spiro atoms. The van der Waals surface area contributed by atoms with E-state index in [1.54, 1.807) is 0 Å². The van der Waals surface area contributed by atoms with Gasteiger partial charge in [0, 0.05) is 17.3 Å². The van der Waals surface area contributed by atoms with Gasteiger partial charge >= 0.3 is 0 Å². The number of hydrogen-bond donors (Lipinski definition) is 2. The first kappa shape index (κ1) is 16.0. The number of amides is 1. The van der Waals surface area contributed by atoms with Crippen LogP contribution in [0.4, 0.5) is 8.78 Å². The Morgan fingerprint density at radius 1 is 1.27 bits per heavy atom. The minimum atomic E-state index is -3.17. The molecule has 1 aromatic carbocycles. The van der Waals surface area contributed by atoms with E-state index in [0.29, 0.717) is 16.5 Å². The molecule has 6 nitrogen and oxygen atoms in total. The molecule has 0 aliphatic carbocycles. The van der Waals surface area contributed by atoms with Crippen LogP contribution in [0.5, 0.6) is 11.5 Å². The number of aliphatic hydroxyl groups is 1. The zero-order valence-electron chi connectivity index (χ0n) is 12.3. The molecule has 0 saturated carbocycles. The third kappa shape index (κ3) is 2.69. The van der Waals surface area contributed by atoms with Gasteiger partial charge in [-0.15, -0.1) is 0 Å². The molecule has 0 saturated heterocycles. The summed E-state index contributed by atoms with van der Waals surface area (Å²) in [5.41, 5.74) is -0.00371. The molecule has 1 aliphatic rings. The van der Waals surface area contributed by atoms with E-state index in [9.17, 15) is 18.7 Å². The van der Waals surface area contributed by atoms with E-state index in [0.717, 1.165) is 6.08 Å². The van der Waals surface area contributed by atoms with Crippen molar-refractivity contribution in [1.29, 1.82) is 0 Å². The van der Waals surface area contributed by atoms with E-state index in [2.05, 4.69) is 5.43 Å². The molecule has 0 aromatic heterocycles. The van der Waals surface area contributed by atoms with Crippen LogP contribution in [0.1, 0.15) is 17.3 Å². The zero-order valence-corrected chi connectivity index (χ0v) is 12.3. The summed E-state index contributed by atoms with van der Waals surface area (Å²) in [6, 6.07) is 4.27. The Hall–Kier alpha value is -2.35. The predicted octanol–water partition coefficient (Wildman–Crippen LogP) is 1.52. The van der Waals surface area contributed by atoms with Gasteiger partial charge in [0.25, 0.3) is 12.3 Å². The van der Waals surface area contributed by atoms with Gasteiger partial charge in [0.2, 0.25) is 5.72 Å². The number of nitrogens with one attached hydrogen (secondary N) is 1. The maximum Gasteiger partial charge on any atom is 0.291 e. The highest BCUT2D eigenvalue weighted by Crippen LogP contribution is 2.31. The van der Waals surface area contributed by atoms with Gasteiger partial charge in [-0.1, -0.05) is 0 Å². The van der Waals surface area contributed by atoms with Gasteiger partial charge in [0.05, 0.1) is 14.2 Å². The molecule has 2 N–H and O–H groups in total. The summed E-state index contributed by atoms with van der Waals surface area (Å²) in [6.07, 6.45) is -2.28. The molecule has 1 atom stereocenters. The van der Waals surface area contributed by atoms with Crippen LogP contribution in [-0.2, 0) is 0 Å². The maximum absolute atomic E-state index is 13.1. The van der Waals surface area contributed by atoms with Crippen molar-refractivity contribution in [2.24, 2.45) is 0 Å². The lowest BCUT2D eigenvalue weighted by Gasteiger charge is -2.31. The lowest BCUT2D eigenvalue weighted by Crippen LogP contribution is -2.56. The van der Waals surface area contributed by atoms with Crippen LogP contribution in [0.25, 0.3) is 0 Å². The summed E-state index contributed by atoms with van der Waals surface area (Å²) in [5.74, 6) is -0.188. The summed E-state index contributed by atoms with van der Waals surface area (Å²) >= 11 is 0. The van der Waals surface area contributed by atoms with Gasteiger partial charge in [-0.25, -0.2) is 13.8 Å². The number of allylic oxidation sites excluding steroid dienone is 1. The van der Waals surface area contributed by atoms with Crippen LogP contribution < -0.4 is 14.9 Å². The van der Waals surface area contributed by atoms with E-state index < -0.39 is 18.1 Å². The normalized spacial score (nSPS) is 20.7. The van der Waals surface area contributed by atoms with Crippen molar-refractivity contribution in [3.8, 4) is 11.5 Å². The van der Waals surface area contributed by atoms with Crippen LogP contribution >= 0.6 is 0 Å². The van der Waals surface area contributed by atoms with E-state index in [-0.39, 0.29) is 11.3 Å². The molecule has 0 bridgehead atoms. The molecule has 120 valence electrons. The first-order valence-corrected chi connectivity index (χ1v) is 6.36. The smallest absolute Gasteiger partial charge is 0.291 e. The lowest BCUT2D eigenvalue weighted by atomic mass is 10.1. The third-order valence-electron chi connectivity index (χ3n) is 3.20. The highest BCUT2D eigenvalue weighted by atomic mass is 19.3. The molecular formula is C14H16F2N2O4. The average Bonchev–Trinajstić information content (AvgIpc) is 2.82. The number of alkyl halides is 2. The molecule has 1 unspecified atom stereocenters. The van der Waals surface area contributed by atoms with Crippen LogP contribution in [0, 0.1) is 0 Å². The highest BCUT2D eigenvalue weighted by Gasteiger charge is 2.49. The van der Waals surface area contributed by atoms with E-state index >= 15 is 0 Å². The molecule has 2 rings (SSSR count). The standard InChI is InChI=1S/C14H16F2N2O4/c1-8-7-14(20,13(15)16)18(17-8)12(19)9-4-10(21-2)6-11(5-9)22-3/h4-7,13,17,20H,1-3H3. The maximum atomic E-state index is 13.1. The number of rotatable bonds is 4. The average molecular weight is 314 g/mol. The summed E-state index contributed by atoms with van der Waals surface area (Å²) in [5, 5.41) is 10.5. The van der Waals surface area contributed by atoms with Crippen molar-refractivity contribution in [2.45, 2.75) is 19.1 Å². The highest BCUT2D eigenvalue weighted by molar-refractivity contribution is 5.95. The number of nitrogens with zero attached hydrogens (tertiary/aromatic N) is 1. The topological polar surface area (TPSA) is 71.0 Å². The third-order valence-corrected chi connectivity index (χ3v) is 3.20. The Balaban J connectivity index is 2.40. The molecule has 1 amide bonds. The molecule has 1 aliphatic heterocycles. The number of carbonyl (C=O) groups excluding carboxylic acids is 1. The number of methoxy groups -OCH3 is 2. The Kier molecular flexibility index (Phi) is 4.23. The van der Waals surface area contributed by atoms with Gasteiger partial charge in [-0.2, -0.15) is 0 Å². The second-order valence-electron chi connectivity index (χ2n) is 4.76. The van der Waals surface area contributed by atoms with Crippen LogP contribution in [0.2, 0.25) is 0 Å². The molecule has 0 fully saturated rings. The Labute approximate surface area is 125 Å². The van der Waals surface area contributed by atoms with Crippen molar-refractivity contribution < 1.29 is 28.2 Å². The predicted molar refractivity (Wildman–Crippen MR) is 73.6 cm³/mol. The molecule has 22 heavy (non-hydrogen) atoms. The molecular weight excluding hydrogens is 298 g/mol. The number of ether oxygens (including phenoxy) is 2. The van der Waals surface area contributed by atoms with Crippen LogP contribution in [0.3, 0.4) is 0 Å². The number of halogens is 2. The molecule has 1 aromatic rings. The zero-order chi connectivity index (χ0) is 16.5. The Bertz CT molecular complexity index is 599. The number of carbonyl (C=O) groups is 1. The SMILES string of the molecule is COc1cc(OC)cc(C(=O)N2NC(C)=CC2(O)C(F)F)c1. The summed E-state index contributed by atoms with van der Waals surface area (Å²) in [4.78, 5) is 12.5. The number of hydrogen-bond acceptors (Lipinski definition) is 5. The first-order valence-electron chi connectivity index (χ1n) is 6.36. The van der Waals surface area contributed by atoms with Crippen molar-refractivity contribution in [2.75, 3.05) is 14.2 Å². The van der Waals surface area contributed by atoms with E-state index in [4.69, 9.17) is 9.47 Å². The molecule has 0 radical (unpaired) electrons. The first-order chi connectivity index (χ1) is 10.3. The van der Waals surface area contributed by atoms with Gasteiger partial charge in [-0.05, 0) is 25.1 Å². The fourth-order valence-electron chi connectivity index (χ4n) is 2.12. The monoisotopic (exact) mass is 314 g/mol. The minimum Gasteiger partial charge on any atom is -0.497 e. The van der Waals surface area contributed by atoms with Crippen LogP contribution in [0.15, 0.2) is 30.0 Å². The fraction of sp³-hybridized carbons (Fsp3) is 0.357. The van der Waals surface area contributed by atoms with Crippen LogP contribution in [-0.4, -0.2) is 42.4 Å². The summed E-state index contributed by atoms with van der Waals surface area (Å²) < 4.78 is 36.3. The van der Waals surface area contributed by atoms with E-state index in [1.807, 2.05) is 0 Å². The largest absolute Gasteiger partial charge is 0.497 e. The molecule has 8 heteroatoms. The van der Waals surface area contributed by atoms with Crippen molar-refractivity contribution in [3.05, 3.63) is 35.5 Å². The number of hydrazine groups is 1. The van der Waals surface area contributed by atoms with Gasteiger partial charge in [0.15, 0.2) is 0 Å². The molecule has 1 heterocycles. The Morgan fingerprint density at radius 3 is 2.27 bits per heavy atom.